The fraction of sp³-hybridized carbons (Fsp3) is 0.500. The number of aromatic nitrogens is 2. The molecule has 1 aromatic heterocycles. The Morgan fingerprint density at radius 1 is 1.37 bits per heavy atom. The molecule has 0 aliphatic rings. The number of H-pyrrole nitrogens is 1. The fourth-order valence-electron chi connectivity index (χ4n) is 1.82. The molecule has 0 aromatic carbocycles. The Kier molecular flexibility index (Phi) is 4.80. The van der Waals surface area contributed by atoms with Gasteiger partial charge in [0.05, 0.1) is 6.42 Å². The van der Waals surface area contributed by atoms with Gasteiger partial charge < -0.3 is 15.0 Å². The first-order valence-corrected chi connectivity index (χ1v) is 5.91. The highest BCUT2D eigenvalue weighted by atomic mass is 16.4. The molecule has 104 valence electrons. The predicted octanol–water partition coefficient (Wildman–Crippen LogP) is -0.138. The van der Waals surface area contributed by atoms with E-state index < -0.39 is 11.7 Å². The van der Waals surface area contributed by atoms with Crippen LogP contribution in [0.15, 0.2) is 4.79 Å². The maximum Gasteiger partial charge on any atom is 0.345 e. The van der Waals surface area contributed by atoms with Gasteiger partial charge in [0.15, 0.2) is 0 Å². The van der Waals surface area contributed by atoms with E-state index in [1.807, 2.05) is 0 Å². The second kappa shape index (κ2) is 6.12. The van der Waals surface area contributed by atoms with E-state index in [2.05, 4.69) is 9.97 Å². The standard InChI is InChI=1S/C12H17N3O4/c1-4-15(6-11(17)18)10(16)5-9-7(2)13-12(19)14-8(9)3/h4-6H2,1-3H3,(H,17,18)(H,13,14,19). The molecule has 0 saturated heterocycles. The second-order valence-electron chi connectivity index (χ2n) is 4.21. The maximum atomic E-state index is 12.0. The summed E-state index contributed by atoms with van der Waals surface area (Å²) in [6.45, 7) is 5.04. The lowest BCUT2D eigenvalue weighted by molar-refractivity contribution is -0.144. The van der Waals surface area contributed by atoms with E-state index in [1.54, 1.807) is 20.8 Å². The summed E-state index contributed by atoms with van der Waals surface area (Å²) in [5, 5.41) is 8.72. The van der Waals surface area contributed by atoms with E-state index in [9.17, 15) is 14.4 Å². The van der Waals surface area contributed by atoms with Crippen LogP contribution in [0, 0.1) is 13.8 Å². The first kappa shape index (κ1) is 14.9. The summed E-state index contributed by atoms with van der Waals surface area (Å²) in [4.78, 5) is 41.3. The van der Waals surface area contributed by atoms with Crippen LogP contribution in [-0.4, -0.2) is 44.9 Å². The third-order valence-electron chi connectivity index (χ3n) is 2.84. The van der Waals surface area contributed by atoms with Crippen molar-refractivity contribution in [2.45, 2.75) is 27.2 Å². The summed E-state index contributed by atoms with van der Waals surface area (Å²) in [7, 11) is 0. The van der Waals surface area contributed by atoms with Crippen LogP contribution in [0.5, 0.6) is 0 Å². The van der Waals surface area contributed by atoms with Crippen LogP contribution in [-0.2, 0) is 16.0 Å². The van der Waals surface area contributed by atoms with Gasteiger partial charge in [-0.05, 0) is 20.8 Å². The van der Waals surface area contributed by atoms with Gasteiger partial charge in [-0.2, -0.15) is 4.98 Å². The van der Waals surface area contributed by atoms with Crippen LogP contribution in [0.4, 0.5) is 0 Å². The van der Waals surface area contributed by atoms with Crippen molar-refractivity contribution in [1.29, 1.82) is 0 Å². The zero-order valence-electron chi connectivity index (χ0n) is 11.2. The molecule has 1 amide bonds. The van der Waals surface area contributed by atoms with Crippen molar-refractivity contribution < 1.29 is 14.7 Å². The van der Waals surface area contributed by atoms with Gasteiger partial charge in [0.1, 0.15) is 6.54 Å². The molecule has 1 rings (SSSR count). The van der Waals surface area contributed by atoms with Crippen molar-refractivity contribution in [3.8, 4) is 0 Å². The van der Waals surface area contributed by atoms with Gasteiger partial charge >= 0.3 is 11.7 Å². The summed E-state index contributed by atoms with van der Waals surface area (Å²) in [6, 6.07) is 0. The van der Waals surface area contributed by atoms with Crippen LogP contribution in [0.1, 0.15) is 23.9 Å². The van der Waals surface area contributed by atoms with Crippen LogP contribution < -0.4 is 5.69 Å². The maximum absolute atomic E-state index is 12.0. The number of likely N-dealkylation sites (N-methyl/N-ethyl adjacent to an activating group) is 1. The summed E-state index contributed by atoms with van der Waals surface area (Å²) in [5.41, 5.74) is 1.25. The number of carboxylic acids is 1. The Bertz CT molecular complexity index is 524. The molecule has 0 aliphatic heterocycles. The van der Waals surface area contributed by atoms with Gasteiger partial charge in [0.25, 0.3) is 0 Å². The van der Waals surface area contributed by atoms with Gasteiger partial charge in [-0.3, -0.25) is 9.59 Å². The van der Waals surface area contributed by atoms with Crippen molar-refractivity contribution in [2.24, 2.45) is 0 Å². The number of nitrogens with one attached hydrogen (secondary N) is 1. The van der Waals surface area contributed by atoms with Crippen LogP contribution >= 0.6 is 0 Å². The van der Waals surface area contributed by atoms with Gasteiger partial charge in [-0.1, -0.05) is 0 Å². The van der Waals surface area contributed by atoms with E-state index in [1.165, 1.54) is 4.90 Å². The number of aromatic amines is 1. The lowest BCUT2D eigenvalue weighted by atomic mass is 10.1. The second-order valence-corrected chi connectivity index (χ2v) is 4.21. The summed E-state index contributed by atoms with van der Waals surface area (Å²) in [6.07, 6.45) is 0.0303. The molecule has 2 N–H and O–H groups in total. The minimum absolute atomic E-state index is 0.0303. The molecule has 0 atom stereocenters. The molecular weight excluding hydrogens is 250 g/mol. The van der Waals surface area contributed by atoms with Crippen molar-refractivity contribution in [2.75, 3.05) is 13.1 Å². The Morgan fingerprint density at radius 2 is 2.00 bits per heavy atom. The molecule has 0 unspecified atom stereocenters. The monoisotopic (exact) mass is 267 g/mol. The Morgan fingerprint density at radius 3 is 2.47 bits per heavy atom. The highest BCUT2D eigenvalue weighted by molar-refractivity contribution is 5.83. The zero-order chi connectivity index (χ0) is 14.6. The topological polar surface area (TPSA) is 103 Å². The number of hydrogen-bond acceptors (Lipinski definition) is 4. The van der Waals surface area contributed by atoms with Crippen molar-refractivity contribution in [3.05, 3.63) is 27.4 Å². The average Bonchev–Trinajstić information content (AvgIpc) is 2.30. The largest absolute Gasteiger partial charge is 0.480 e. The molecule has 7 nitrogen and oxygen atoms in total. The molecule has 0 radical (unpaired) electrons. The molecule has 7 heteroatoms. The molecule has 1 aromatic rings. The first-order valence-electron chi connectivity index (χ1n) is 5.91. The SMILES string of the molecule is CCN(CC(=O)O)C(=O)Cc1c(C)nc(=O)[nH]c1C. The van der Waals surface area contributed by atoms with Crippen molar-refractivity contribution in [1.82, 2.24) is 14.9 Å². The summed E-state index contributed by atoms with van der Waals surface area (Å²) >= 11 is 0. The number of hydrogen-bond donors (Lipinski definition) is 2. The fourth-order valence-corrected chi connectivity index (χ4v) is 1.82. The molecule has 0 bridgehead atoms. The normalized spacial score (nSPS) is 10.3. The minimum Gasteiger partial charge on any atom is -0.480 e. The number of rotatable bonds is 5. The summed E-state index contributed by atoms with van der Waals surface area (Å²) < 4.78 is 0. The third-order valence-corrected chi connectivity index (χ3v) is 2.84. The van der Waals surface area contributed by atoms with Crippen LogP contribution in [0.2, 0.25) is 0 Å². The minimum atomic E-state index is -1.05. The summed E-state index contributed by atoms with van der Waals surface area (Å²) in [5.74, 6) is -1.35. The highest BCUT2D eigenvalue weighted by Gasteiger charge is 2.18. The van der Waals surface area contributed by atoms with E-state index in [4.69, 9.17) is 5.11 Å². The lowest BCUT2D eigenvalue weighted by Crippen LogP contribution is -2.37. The predicted molar refractivity (Wildman–Crippen MR) is 67.9 cm³/mol. The zero-order valence-corrected chi connectivity index (χ0v) is 11.2. The number of carboxylic acid groups (broad SMARTS) is 1. The number of amides is 1. The number of carbonyl (C=O) groups is 2. The number of carbonyl (C=O) groups excluding carboxylic acids is 1. The van der Waals surface area contributed by atoms with E-state index in [0.717, 1.165) is 0 Å². The van der Waals surface area contributed by atoms with Gasteiger partial charge in [-0.25, -0.2) is 4.79 Å². The molecule has 0 spiro atoms. The number of aryl methyl sites for hydroxylation is 2. The third kappa shape index (κ3) is 3.90. The van der Waals surface area contributed by atoms with Gasteiger partial charge in [0, 0.05) is 23.5 Å². The van der Waals surface area contributed by atoms with Crippen LogP contribution in [0.25, 0.3) is 0 Å². The van der Waals surface area contributed by atoms with Crippen molar-refractivity contribution >= 4 is 11.9 Å². The van der Waals surface area contributed by atoms with E-state index >= 15 is 0 Å². The van der Waals surface area contributed by atoms with Crippen molar-refractivity contribution in [3.63, 3.8) is 0 Å². The molecule has 0 fully saturated rings. The van der Waals surface area contributed by atoms with Gasteiger partial charge in [0.2, 0.25) is 5.91 Å². The molecule has 1 heterocycles. The van der Waals surface area contributed by atoms with Gasteiger partial charge in [-0.15, -0.1) is 0 Å². The average molecular weight is 267 g/mol. The number of aliphatic carboxylic acids is 1. The molecular formula is C12H17N3O4. The smallest absolute Gasteiger partial charge is 0.345 e. The first-order chi connectivity index (χ1) is 8.85. The highest BCUT2D eigenvalue weighted by Crippen LogP contribution is 2.09. The molecule has 19 heavy (non-hydrogen) atoms. The molecule has 0 aliphatic carbocycles. The Balaban J connectivity index is 2.93. The van der Waals surface area contributed by atoms with E-state index in [-0.39, 0.29) is 18.9 Å². The van der Waals surface area contributed by atoms with E-state index in [0.29, 0.717) is 23.5 Å². The Hall–Kier alpha value is -2.18. The number of nitrogens with zero attached hydrogens (tertiary/aromatic N) is 2. The Labute approximate surface area is 110 Å². The molecule has 0 saturated carbocycles. The quantitative estimate of drug-likeness (QED) is 0.773. The van der Waals surface area contributed by atoms with Crippen LogP contribution in [0.3, 0.4) is 0 Å². The lowest BCUT2D eigenvalue weighted by Gasteiger charge is -2.19.